The first-order valence-corrected chi connectivity index (χ1v) is 11.7. The molecule has 0 bridgehead atoms. The van der Waals surface area contributed by atoms with E-state index in [0.29, 0.717) is 13.2 Å². The highest BCUT2D eigenvalue weighted by atomic mass is 79.9. The zero-order chi connectivity index (χ0) is 24.0. The van der Waals surface area contributed by atoms with E-state index in [1.807, 2.05) is 84.9 Å². The van der Waals surface area contributed by atoms with Crippen LogP contribution < -0.4 is 43.1 Å². The maximum Gasteiger partial charge on any atom is 0.169 e. The van der Waals surface area contributed by atoms with Crippen LogP contribution in [0.1, 0.15) is 28.7 Å². The Bertz CT molecular complexity index is 1110. The highest BCUT2D eigenvalue weighted by Gasteiger charge is 2.05. The van der Waals surface area contributed by atoms with E-state index in [4.69, 9.17) is 9.68 Å². The van der Waals surface area contributed by atoms with Crippen molar-refractivity contribution >= 4 is 12.4 Å². The Morgan fingerprint density at radius 3 is 1.30 bits per heavy atom. The van der Waals surface area contributed by atoms with E-state index < -0.39 is 0 Å². The number of rotatable bonds is 12. The molecular weight excluding hydrogens is 596 g/mol. The standard InChI is InChI=1S/C29H30N4O2.2BrH/c1-3-8-28(9-4-1)24-34-30-22-26-12-18-32(19-13-26)16-7-17-33-20-14-27(15-21-33)23-31-35-25-29-10-5-2-6-11-29;;/h1-6,8-15,18-23H,7,16-17,24-25H2;2*1H/q+2;;/p-2/b30-22+,31-23+;;. The number of hydrogen-bond donors (Lipinski definition) is 0. The Morgan fingerprint density at radius 1 is 0.541 bits per heavy atom. The molecule has 0 fully saturated rings. The van der Waals surface area contributed by atoms with Crippen molar-refractivity contribution in [3.05, 3.63) is 132 Å². The van der Waals surface area contributed by atoms with Gasteiger partial charge in [0.15, 0.2) is 37.9 Å². The largest absolute Gasteiger partial charge is 1.00 e. The van der Waals surface area contributed by atoms with Crippen LogP contribution in [0, 0.1) is 0 Å². The van der Waals surface area contributed by atoms with Crippen molar-refractivity contribution in [3.8, 4) is 0 Å². The zero-order valence-electron chi connectivity index (χ0n) is 20.4. The van der Waals surface area contributed by atoms with E-state index in [1.165, 1.54) is 0 Å². The molecule has 0 aliphatic rings. The van der Waals surface area contributed by atoms with Crippen LogP contribution in [-0.4, -0.2) is 12.4 Å². The average molecular weight is 626 g/mol. The summed E-state index contributed by atoms with van der Waals surface area (Å²) in [5, 5.41) is 8.12. The van der Waals surface area contributed by atoms with Gasteiger partial charge in [0, 0.05) is 35.4 Å². The van der Waals surface area contributed by atoms with Crippen LogP contribution >= 0.6 is 0 Å². The number of aryl methyl sites for hydroxylation is 2. The van der Waals surface area contributed by atoms with Gasteiger partial charge in [0.05, 0.1) is 18.9 Å². The van der Waals surface area contributed by atoms with Crippen LogP contribution in [0.25, 0.3) is 0 Å². The van der Waals surface area contributed by atoms with E-state index >= 15 is 0 Å². The smallest absolute Gasteiger partial charge is 0.169 e. The number of nitrogens with zero attached hydrogens (tertiary/aromatic N) is 4. The third kappa shape index (κ3) is 11.1. The van der Waals surface area contributed by atoms with Crippen molar-refractivity contribution in [3.63, 3.8) is 0 Å². The molecule has 0 aliphatic heterocycles. The SMILES string of the molecule is C(=N\OCc1ccccc1)/c1cc[n+](CCC[n+]2ccc(/C=N/OCc3ccccc3)cc2)cc1.[Br-].[Br-]. The minimum absolute atomic E-state index is 0. The van der Waals surface area contributed by atoms with Crippen molar-refractivity contribution in [1.82, 2.24) is 0 Å². The van der Waals surface area contributed by atoms with Crippen LogP contribution in [0.15, 0.2) is 120 Å². The van der Waals surface area contributed by atoms with E-state index in [1.54, 1.807) is 12.4 Å². The Kier molecular flexibility index (Phi) is 13.9. The second-order valence-corrected chi connectivity index (χ2v) is 8.08. The molecule has 0 radical (unpaired) electrons. The fourth-order valence-electron chi connectivity index (χ4n) is 3.41. The summed E-state index contributed by atoms with van der Waals surface area (Å²) >= 11 is 0. The van der Waals surface area contributed by atoms with Gasteiger partial charge in [-0.25, -0.2) is 9.13 Å². The monoisotopic (exact) mass is 624 g/mol. The van der Waals surface area contributed by atoms with Crippen LogP contribution in [-0.2, 0) is 36.0 Å². The molecule has 0 saturated carbocycles. The van der Waals surface area contributed by atoms with Gasteiger partial charge in [0.25, 0.3) is 0 Å². The van der Waals surface area contributed by atoms with Gasteiger partial charge in [0.2, 0.25) is 0 Å². The van der Waals surface area contributed by atoms with Crippen molar-refractivity contribution in [1.29, 1.82) is 0 Å². The van der Waals surface area contributed by atoms with E-state index in [0.717, 1.165) is 41.8 Å². The van der Waals surface area contributed by atoms with Crippen molar-refractivity contribution < 1.29 is 52.8 Å². The first kappa shape index (κ1) is 29.9. The topological polar surface area (TPSA) is 50.9 Å². The van der Waals surface area contributed by atoms with Crippen LogP contribution in [0.4, 0.5) is 0 Å². The summed E-state index contributed by atoms with van der Waals surface area (Å²) in [4.78, 5) is 10.7. The summed E-state index contributed by atoms with van der Waals surface area (Å²) in [5.41, 5.74) is 4.22. The van der Waals surface area contributed by atoms with Crippen LogP contribution in [0.3, 0.4) is 0 Å². The fraction of sp³-hybridized carbons (Fsp3) is 0.172. The van der Waals surface area contributed by atoms with Gasteiger partial charge < -0.3 is 43.6 Å². The van der Waals surface area contributed by atoms with Gasteiger partial charge in [-0.15, -0.1) is 0 Å². The maximum atomic E-state index is 5.37. The Hall–Kier alpha value is -3.36. The Morgan fingerprint density at radius 2 is 0.919 bits per heavy atom. The van der Waals surface area contributed by atoms with E-state index in [2.05, 4.69) is 44.2 Å². The maximum absolute atomic E-state index is 5.37. The molecule has 0 atom stereocenters. The first-order valence-electron chi connectivity index (χ1n) is 11.7. The van der Waals surface area contributed by atoms with Crippen molar-refractivity contribution in [2.24, 2.45) is 10.3 Å². The highest BCUT2D eigenvalue weighted by Crippen LogP contribution is 2.02. The van der Waals surface area contributed by atoms with Crippen molar-refractivity contribution in [2.45, 2.75) is 32.7 Å². The lowest BCUT2D eigenvalue weighted by Crippen LogP contribution is -3.00. The summed E-state index contributed by atoms with van der Waals surface area (Å²) < 4.78 is 4.35. The highest BCUT2D eigenvalue weighted by molar-refractivity contribution is 5.78. The molecule has 4 aromatic rings. The van der Waals surface area contributed by atoms with Crippen molar-refractivity contribution in [2.75, 3.05) is 0 Å². The molecule has 37 heavy (non-hydrogen) atoms. The quantitative estimate of drug-likeness (QED) is 0.109. The lowest BCUT2D eigenvalue weighted by atomic mass is 10.2. The Labute approximate surface area is 239 Å². The summed E-state index contributed by atoms with van der Waals surface area (Å²) in [7, 11) is 0. The molecular formula is C29H30Br2N4O2. The molecule has 8 heteroatoms. The molecule has 2 aromatic heterocycles. The van der Waals surface area contributed by atoms with Gasteiger partial charge in [-0.2, -0.15) is 0 Å². The molecule has 2 heterocycles. The third-order valence-corrected chi connectivity index (χ3v) is 5.37. The zero-order valence-corrected chi connectivity index (χ0v) is 23.6. The van der Waals surface area contributed by atoms with Gasteiger partial charge in [0.1, 0.15) is 13.2 Å². The summed E-state index contributed by atoms with van der Waals surface area (Å²) in [6.45, 7) is 2.81. The number of oxime groups is 2. The average Bonchev–Trinajstić information content (AvgIpc) is 2.92. The molecule has 0 saturated heterocycles. The van der Waals surface area contributed by atoms with Crippen LogP contribution in [0.2, 0.25) is 0 Å². The predicted molar refractivity (Wildman–Crippen MR) is 136 cm³/mol. The summed E-state index contributed by atoms with van der Waals surface area (Å²) in [5.74, 6) is 0. The number of halogens is 2. The predicted octanol–water partition coefficient (Wildman–Crippen LogP) is -1.54. The Balaban J connectivity index is 0.00000241. The molecule has 0 N–H and O–H groups in total. The lowest BCUT2D eigenvalue weighted by Gasteiger charge is -2.00. The van der Waals surface area contributed by atoms with Crippen LogP contribution in [0.5, 0.6) is 0 Å². The first-order chi connectivity index (χ1) is 17.3. The summed E-state index contributed by atoms with van der Waals surface area (Å²) in [6, 6.07) is 28.2. The molecule has 0 aliphatic carbocycles. The van der Waals surface area contributed by atoms with E-state index in [-0.39, 0.29) is 34.0 Å². The minimum Gasteiger partial charge on any atom is -1.00 e. The second kappa shape index (κ2) is 17.2. The second-order valence-electron chi connectivity index (χ2n) is 8.08. The van der Waals surface area contributed by atoms with E-state index in [9.17, 15) is 0 Å². The van der Waals surface area contributed by atoms with Gasteiger partial charge in [-0.3, -0.25) is 0 Å². The summed E-state index contributed by atoms with van der Waals surface area (Å²) in [6.07, 6.45) is 12.8. The molecule has 192 valence electrons. The normalized spacial score (nSPS) is 10.6. The number of aromatic nitrogens is 2. The number of pyridine rings is 2. The van der Waals surface area contributed by atoms with Gasteiger partial charge in [-0.1, -0.05) is 71.0 Å². The number of hydrogen-bond acceptors (Lipinski definition) is 4. The minimum atomic E-state index is 0. The molecule has 0 spiro atoms. The molecule has 0 unspecified atom stereocenters. The van der Waals surface area contributed by atoms with Gasteiger partial charge >= 0.3 is 0 Å². The lowest BCUT2D eigenvalue weighted by molar-refractivity contribution is -0.726. The molecule has 4 rings (SSSR count). The molecule has 2 aromatic carbocycles. The number of benzene rings is 2. The third-order valence-electron chi connectivity index (χ3n) is 5.37. The fourth-order valence-corrected chi connectivity index (χ4v) is 3.41. The molecule has 0 amide bonds. The molecule has 6 nitrogen and oxygen atoms in total. The van der Waals surface area contributed by atoms with Gasteiger partial charge in [-0.05, 0) is 11.1 Å².